The SMILES string of the molecule is CC1(C)CNCCN1C(=O)Cc1ccccc1Cl. The molecule has 0 bridgehead atoms. The molecule has 1 saturated heterocycles. The molecule has 1 aliphatic heterocycles. The summed E-state index contributed by atoms with van der Waals surface area (Å²) in [5, 5.41) is 3.98. The molecule has 1 heterocycles. The highest BCUT2D eigenvalue weighted by Gasteiger charge is 2.32. The third-order valence-corrected chi connectivity index (χ3v) is 3.77. The largest absolute Gasteiger partial charge is 0.335 e. The van der Waals surface area contributed by atoms with Crippen molar-refractivity contribution in [3.8, 4) is 0 Å². The second-order valence-electron chi connectivity index (χ2n) is 5.30. The van der Waals surface area contributed by atoms with Crippen LogP contribution in [0.4, 0.5) is 0 Å². The quantitative estimate of drug-likeness (QED) is 0.889. The van der Waals surface area contributed by atoms with E-state index in [1.807, 2.05) is 29.2 Å². The van der Waals surface area contributed by atoms with Gasteiger partial charge < -0.3 is 10.2 Å². The van der Waals surface area contributed by atoms with Crippen molar-refractivity contribution in [3.63, 3.8) is 0 Å². The summed E-state index contributed by atoms with van der Waals surface area (Å²) in [4.78, 5) is 14.3. The number of nitrogens with zero attached hydrogens (tertiary/aromatic N) is 1. The van der Waals surface area contributed by atoms with Gasteiger partial charge in [0.05, 0.1) is 6.42 Å². The topological polar surface area (TPSA) is 32.3 Å². The molecule has 1 N–H and O–H groups in total. The highest BCUT2D eigenvalue weighted by atomic mass is 35.5. The van der Waals surface area contributed by atoms with Crippen molar-refractivity contribution in [1.29, 1.82) is 0 Å². The maximum Gasteiger partial charge on any atom is 0.227 e. The zero-order valence-electron chi connectivity index (χ0n) is 10.9. The van der Waals surface area contributed by atoms with Gasteiger partial charge in [-0.15, -0.1) is 0 Å². The first kappa shape index (κ1) is 13.4. The van der Waals surface area contributed by atoms with Crippen LogP contribution in [0.2, 0.25) is 5.02 Å². The van der Waals surface area contributed by atoms with Gasteiger partial charge in [0.15, 0.2) is 0 Å². The summed E-state index contributed by atoms with van der Waals surface area (Å²) in [5.41, 5.74) is 0.773. The summed E-state index contributed by atoms with van der Waals surface area (Å²) in [5.74, 6) is 0.148. The molecule has 0 spiro atoms. The zero-order valence-corrected chi connectivity index (χ0v) is 11.6. The first-order valence-electron chi connectivity index (χ1n) is 6.25. The summed E-state index contributed by atoms with van der Waals surface area (Å²) in [6, 6.07) is 7.53. The van der Waals surface area contributed by atoms with E-state index in [0.29, 0.717) is 11.4 Å². The Morgan fingerprint density at radius 3 is 2.83 bits per heavy atom. The summed E-state index contributed by atoms with van der Waals surface area (Å²) in [6.45, 7) is 6.63. The fourth-order valence-corrected chi connectivity index (χ4v) is 2.55. The lowest BCUT2D eigenvalue weighted by atomic mass is 9.99. The minimum atomic E-state index is -0.128. The standard InChI is InChI=1S/C14H19ClN2O/c1-14(2)10-16-7-8-17(14)13(18)9-11-5-3-4-6-12(11)15/h3-6,16H,7-10H2,1-2H3. The first-order valence-corrected chi connectivity index (χ1v) is 6.63. The van der Waals surface area contributed by atoms with Crippen molar-refractivity contribution in [2.75, 3.05) is 19.6 Å². The van der Waals surface area contributed by atoms with Gasteiger partial charge in [-0.2, -0.15) is 0 Å². The van der Waals surface area contributed by atoms with Gasteiger partial charge in [-0.25, -0.2) is 0 Å². The van der Waals surface area contributed by atoms with Crippen LogP contribution in [0.15, 0.2) is 24.3 Å². The van der Waals surface area contributed by atoms with E-state index in [-0.39, 0.29) is 11.4 Å². The monoisotopic (exact) mass is 266 g/mol. The van der Waals surface area contributed by atoms with Crippen LogP contribution in [-0.2, 0) is 11.2 Å². The molecule has 0 atom stereocenters. The molecule has 0 saturated carbocycles. The van der Waals surface area contributed by atoms with E-state index in [1.54, 1.807) is 0 Å². The molecule has 98 valence electrons. The number of hydrogen-bond acceptors (Lipinski definition) is 2. The average molecular weight is 267 g/mol. The molecule has 0 aromatic heterocycles. The van der Waals surface area contributed by atoms with Crippen LogP contribution in [0.5, 0.6) is 0 Å². The molecular formula is C14H19ClN2O. The lowest BCUT2D eigenvalue weighted by Crippen LogP contribution is -2.60. The van der Waals surface area contributed by atoms with Gasteiger partial charge in [0.1, 0.15) is 0 Å². The van der Waals surface area contributed by atoms with Crippen molar-refractivity contribution in [2.45, 2.75) is 25.8 Å². The maximum atomic E-state index is 12.4. The molecule has 1 aromatic carbocycles. The molecular weight excluding hydrogens is 248 g/mol. The van der Waals surface area contributed by atoms with Gasteiger partial charge in [0.2, 0.25) is 5.91 Å². The van der Waals surface area contributed by atoms with Crippen LogP contribution < -0.4 is 5.32 Å². The van der Waals surface area contributed by atoms with Gasteiger partial charge in [-0.3, -0.25) is 4.79 Å². The van der Waals surface area contributed by atoms with Gasteiger partial charge in [-0.05, 0) is 25.5 Å². The zero-order chi connectivity index (χ0) is 13.2. The lowest BCUT2D eigenvalue weighted by Gasteiger charge is -2.43. The molecule has 0 radical (unpaired) electrons. The fraction of sp³-hybridized carbons (Fsp3) is 0.500. The van der Waals surface area contributed by atoms with Crippen LogP contribution in [-0.4, -0.2) is 36.0 Å². The maximum absolute atomic E-state index is 12.4. The van der Waals surface area contributed by atoms with Crippen LogP contribution in [0.3, 0.4) is 0 Å². The van der Waals surface area contributed by atoms with Crippen LogP contribution in [0, 0.1) is 0 Å². The fourth-order valence-electron chi connectivity index (χ4n) is 2.35. The number of carbonyl (C=O) groups excluding carboxylic acids is 1. The van der Waals surface area contributed by atoms with Gasteiger partial charge in [0, 0.05) is 30.2 Å². The summed E-state index contributed by atoms with van der Waals surface area (Å²) < 4.78 is 0. The van der Waals surface area contributed by atoms with Crippen molar-refractivity contribution >= 4 is 17.5 Å². The number of nitrogens with one attached hydrogen (secondary N) is 1. The van der Waals surface area contributed by atoms with Crippen molar-refractivity contribution < 1.29 is 4.79 Å². The highest BCUT2D eigenvalue weighted by molar-refractivity contribution is 6.31. The summed E-state index contributed by atoms with van der Waals surface area (Å²) in [7, 11) is 0. The van der Waals surface area contributed by atoms with Crippen LogP contribution in [0.25, 0.3) is 0 Å². The Hall–Kier alpha value is -1.06. The van der Waals surface area contributed by atoms with E-state index in [1.165, 1.54) is 0 Å². The smallest absolute Gasteiger partial charge is 0.227 e. The molecule has 18 heavy (non-hydrogen) atoms. The predicted octanol–water partition coefficient (Wildman–Crippen LogP) is 2.09. The minimum Gasteiger partial charge on any atom is -0.335 e. The Bertz CT molecular complexity index is 445. The lowest BCUT2D eigenvalue weighted by molar-refractivity contribution is -0.136. The Morgan fingerprint density at radius 1 is 1.44 bits per heavy atom. The third-order valence-electron chi connectivity index (χ3n) is 3.40. The number of hydrogen-bond donors (Lipinski definition) is 1. The predicted molar refractivity (Wildman–Crippen MR) is 73.8 cm³/mol. The summed E-state index contributed by atoms with van der Waals surface area (Å²) in [6.07, 6.45) is 0.378. The third kappa shape index (κ3) is 2.85. The minimum absolute atomic E-state index is 0.128. The molecule has 0 aliphatic carbocycles. The van der Waals surface area contributed by atoms with E-state index in [0.717, 1.165) is 25.2 Å². The Morgan fingerprint density at radius 2 is 2.17 bits per heavy atom. The number of benzene rings is 1. The molecule has 1 aromatic rings. The Balaban J connectivity index is 2.10. The number of halogens is 1. The molecule has 1 amide bonds. The van der Waals surface area contributed by atoms with E-state index in [9.17, 15) is 4.79 Å². The van der Waals surface area contributed by atoms with Gasteiger partial charge in [0.25, 0.3) is 0 Å². The molecule has 3 nitrogen and oxygen atoms in total. The van der Waals surface area contributed by atoms with E-state index in [2.05, 4.69) is 19.2 Å². The molecule has 4 heteroatoms. The van der Waals surface area contributed by atoms with E-state index < -0.39 is 0 Å². The normalized spacial score (nSPS) is 18.7. The second-order valence-corrected chi connectivity index (χ2v) is 5.71. The number of amides is 1. The Labute approximate surface area is 113 Å². The van der Waals surface area contributed by atoms with E-state index in [4.69, 9.17) is 11.6 Å². The van der Waals surface area contributed by atoms with Crippen molar-refractivity contribution in [3.05, 3.63) is 34.9 Å². The molecule has 2 rings (SSSR count). The first-order chi connectivity index (χ1) is 8.50. The Kier molecular flexibility index (Phi) is 3.93. The molecule has 0 unspecified atom stereocenters. The highest BCUT2D eigenvalue weighted by Crippen LogP contribution is 2.20. The molecule has 1 fully saturated rings. The van der Waals surface area contributed by atoms with E-state index >= 15 is 0 Å². The average Bonchev–Trinajstić information content (AvgIpc) is 2.31. The number of piperazine rings is 1. The van der Waals surface area contributed by atoms with Gasteiger partial charge in [-0.1, -0.05) is 29.8 Å². The van der Waals surface area contributed by atoms with Crippen LogP contribution >= 0.6 is 11.6 Å². The van der Waals surface area contributed by atoms with Crippen molar-refractivity contribution in [1.82, 2.24) is 10.2 Å². The van der Waals surface area contributed by atoms with Crippen molar-refractivity contribution in [2.24, 2.45) is 0 Å². The number of carbonyl (C=O) groups is 1. The van der Waals surface area contributed by atoms with Gasteiger partial charge >= 0.3 is 0 Å². The number of rotatable bonds is 2. The van der Waals surface area contributed by atoms with Crippen LogP contribution in [0.1, 0.15) is 19.4 Å². The summed E-state index contributed by atoms with van der Waals surface area (Å²) >= 11 is 6.10. The molecule has 1 aliphatic rings. The second kappa shape index (κ2) is 5.29.